The van der Waals surface area contributed by atoms with E-state index in [4.69, 9.17) is 5.73 Å². The van der Waals surface area contributed by atoms with Crippen molar-refractivity contribution in [1.29, 1.82) is 0 Å². The largest absolute Gasteiger partial charge is 0.327 e. The minimum atomic E-state index is 0.489. The summed E-state index contributed by atoms with van der Waals surface area (Å²) in [6.45, 7) is 8.56. The monoisotopic (exact) mass is 210 g/mol. The Balaban J connectivity index is 1.63. The summed E-state index contributed by atoms with van der Waals surface area (Å²) < 4.78 is 0. The van der Waals surface area contributed by atoms with E-state index in [1.54, 1.807) is 0 Å². The molecule has 0 aromatic heterocycles. The Labute approximate surface area is 94.2 Å². The van der Waals surface area contributed by atoms with E-state index < -0.39 is 0 Å². The molecule has 2 heteroatoms. The van der Waals surface area contributed by atoms with E-state index in [-0.39, 0.29) is 0 Å². The zero-order chi connectivity index (χ0) is 10.8. The lowest BCUT2D eigenvalue weighted by molar-refractivity contribution is 0.288. The van der Waals surface area contributed by atoms with Crippen LogP contribution in [-0.4, -0.2) is 30.6 Å². The molecule has 2 atom stereocenters. The van der Waals surface area contributed by atoms with Crippen molar-refractivity contribution in [3.05, 3.63) is 0 Å². The van der Waals surface area contributed by atoms with Crippen molar-refractivity contribution in [2.24, 2.45) is 23.5 Å². The van der Waals surface area contributed by atoms with E-state index in [2.05, 4.69) is 18.7 Å². The van der Waals surface area contributed by atoms with Crippen molar-refractivity contribution < 1.29 is 0 Å². The Kier molecular flexibility index (Phi) is 3.68. The molecular weight excluding hydrogens is 184 g/mol. The molecule has 1 heterocycles. The molecule has 1 saturated carbocycles. The minimum absolute atomic E-state index is 0.489. The van der Waals surface area contributed by atoms with Crippen molar-refractivity contribution in [2.45, 2.75) is 45.6 Å². The van der Waals surface area contributed by atoms with Crippen LogP contribution in [0.15, 0.2) is 0 Å². The summed E-state index contributed by atoms with van der Waals surface area (Å²) in [4.78, 5) is 2.62. The van der Waals surface area contributed by atoms with E-state index >= 15 is 0 Å². The van der Waals surface area contributed by atoms with Crippen LogP contribution in [-0.2, 0) is 0 Å². The topological polar surface area (TPSA) is 29.3 Å². The van der Waals surface area contributed by atoms with Gasteiger partial charge in [0.25, 0.3) is 0 Å². The molecule has 2 aliphatic rings. The van der Waals surface area contributed by atoms with Gasteiger partial charge in [-0.15, -0.1) is 0 Å². The van der Waals surface area contributed by atoms with Gasteiger partial charge in [0.2, 0.25) is 0 Å². The highest BCUT2D eigenvalue weighted by atomic mass is 15.1. The number of nitrogens with two attached hydrogens (primary N) is 1. The summed E-state index contributed by atoms with van der Waals surface area (Å²) in [7, 11) is 0. The van der Waals surface area contributed by atoms with Crippen LogP contribution in [0.25, 0.3) is 0 Å². The highest BCUT2D eigenvalue weighted by Gasteiger charge is 2.30. The van der Waals surface area contributed by atoms with E-state index in [0.29, 0.717) is 6.04 Å². The first-order valence-corrected chi connectivity index (χ1v) is 6.64. The molecule has 2 N–H and O–H groups in total. The lowest BCUT2D eigenvalue weighted by Crippen LogP contribution is -2.30. The summed E-state index contributed by atoms with van der Waals surface area (Å²) >= 11 is 0. The molecule has 88 valence electrons. The molecule has 1 aliphatic carbocycles. The predicted molar refractivity (Wildman–Crippen MR) is 64.7 cm³/mol. The third kappa shape index (κ3) is 3.18. The number of hydrogen-bond acceptors (Lipinski definition) is 2. The zero-order valence-electron chi connectivity index (χ0n) is 10.3. The average molecular weight is 210 g/mol. The van der Waals surface area contributed by atoms with Crippen molar-refractivity contribution >= 4 is 0 Å². The van der Waals surface area contributed by atoms with Gasteiger partial charge in [-0.25, -0.2) is 0 Å². The molecule has 1 aliphatic heterocycles. The van der Waals surface area contributed by atoms with Crippen LogP contribution in [0, 0.1) is 17.8 Å². The average Bonchev–Trinajstić information content (AvgIpc) is 2.93. The second-order valence-corrected chi connectivity index (χ2v) is 5.88. The van der Waals surface area contributed by atoms with Crippen LogP contribution in [0.4, 0.5) is 0 Å². The zero-order valence-corrected chi connectivity index (χ0v) is 10.3. The smallest absolute Gasteiger partial charge is 0.00793 e. The maximum Gasteiger partial charge on any atom is 0.00793 e. The highest BCUT2D eigenvalue weighted by Crippen LogP contribution is 2.33. The number of nitrogens with zero attached hydrogens (tertiary/aromatic N) is 1. The van der Waals surface area contributed by atoms with Gasteiger partial charge in [0, 0.05) is 12.6 Å². The summed E-state index contributed by atoms with van der Waals surface area (Å²) in [6, 6.07) is 0.489. The number of hydrogen-bond donors (Lipinski definition) is 1. The van der Waals surface area contributed by atoms with Crippen LogP contribution in [0.2, 0.25) is 0 Å². The van der Waals surface area contributed by atoms with Gasteiger partial charge < -0.3 is 10.6 Å². The lowest BCUT2D eigenvalue weighted by Gasteiger charge is -2.19. The second kappa shape index (κ2) is 4.84. The van der Waals surface area contributed by atoms with Gasteiger partial charge in [-0.2, -0.15) is 0 Å². The van der Waals surface area contributed by atoms with E-state index in [0.717, 1.165) is 17.8 Å². The molecule has 2 unspecified atom stereocenters. The maximum absolute atomic E-state index is 6.12. The molecule has 0 bridgehead atoms. The van der Waals surface area contributed by atoms with Crippen LogP contribution >= 0.6 is 0 Å². The fourth-order valence-corrected chi connectivity index (χ4v) is 2.70. The van der Waals surface area contributed by atoms with Crippen molar-refractivity contribution in [1.82, 2.24) is 4.90 Å². The van der Waals surface area contributed by atoms with Crippen molar-refractivity contribution in [3.8, 4) is 0 Å². The SMILES string of the molecule is CC(C)C1CCN(CCC(N)C2CC2)C1. The Bertz CT molecular complexity index is 199. The fourth-order valence-electron chi connectivity index (χ4n) is 2.70. The van der Waals surface area contributed by atoms with E-state index in [1.165, 1.54) is 45.3 Å². The van der Waals surface area contributed by atoms with Crippen molar-refractivity contribution in [2.75, 3.05) is 19.6 Å². The molecule has 15 heavy (non-hydrogen) atoms. The fraction of sp³-hybridized carbons (Fsp3) is 1.00. The molecule has 0 aromatic carbocycles. The summed E-state index contributed by atoms with van der Waals surface area (Å²) in [6.07, 6.45) is 5.39. The van der Waals surface area contributed by atoms with E-state index in [1.807, 2.05) is 0 Å². The molecule has 0 spiro atoms. The third-order valence-corrected chi connectivity index (χ3v) is 4.26. The highest BCUT2D eigenvalue weighted by molar-refractivity contribution is 4.85. The number of rotatable bonds is 5. The molecule has 0 aromatic rings. The predicted octanol–water partition coefficient (Wildman–Crippen LogP) is 2.09. The summed E-state index contributed by atoms with van der Waals surface area (Å²) in [5, 5.41) is 0. The Hall–Kier alpha value is -0.0800. The summed E-state index contributed by atoms with van der Waals surface area (Å²) in [5.41, 5.74) is 6.12. The first kappa shape index (κ1) is 11.4. The minimum Gasteiger partial charge on any atom is -0.327 e. The quantitative estimate of drug-likeness (QED) is 0.753. The van der Waals surface area contributed by atoms with Gasteiger partial charge in [0.15, 0.2) is 0 Å². The van der Waals surface area contributed by atoms with Crippen molar-refractivity contribution in [3.63, 3.8) is 0 Å². The molecule has 0 amide bonds. The first-order valence-electron chi connectivity index (χ1n) is 6.64. The third-order valence-electron chi connectivity index (χ3n) is 4.26. The molecule has 0 radical (unpaired) electrons. The van der Waals surface area contributed by atoms with Gasteiger partial charge in [-0.05, 0) is 56.5 Å². The number of likely N-dealkylation sites (tertiary alicyclic amines) is 1. The van der Waals surface area contributed by atoms with Gasteiger partial charge in [-0.1, -0.05) is 13.8 Å². The van der Waals surface area contributed by atoms with Crippen LogP contribution in [0.3, 0.4) is 0 Å². The lowest BCUT2D eigenvalue weighted by atomic mass is 9.95. The van der Waals surface area contributed by atoms with Crippen LogP contribution in [0.5, 0.6) is 0 Å². The molecule has 2 rings (SSSR count). The Morgan fingerprint density at radius 1 is 1.20 bits per heavy atom. The van der Waals surface area contributed by atoms with Gasteiger partial charge in [-0.3, -0.25) is 0 Å². The first-order chi connectivity index (χ1) is 7.16. The van der Waals surface area contributed by atoms with Gasteiger partial charge >= 0.3 is 0 Å². The molecule has 2 fully saturated rings. The normalized spacial score (nSPS) is 30.0. The Morgan fingerprint density at radius 3 is 2.47 bits per heavy atom. The van der Waals surface area contributed by atoms with Gasteiger partial charge in [0.05, 0.1) is 0 Å². The van der Waals surface area contributed by atoms with Crippen LogP contribution in [0.1, 0.15) is 39.5 Å². The molecule has 2 nitrogen and oxygen atoms in total. The Morgan fingerprint density at radius 2 is 1.93 bits per heavy atom. The standard InChI is InChI=1S/C13H26N2/c1-10(2)12-5-7-15(9-12)8-6-13(14)11-3-4-11/h10-13H,3-9,14H2,1-2H3. The van der Waals surface area contributed by atoms with Crippen LogP contribution < -0.4 is 5.73 Å². The summed E-state index contributed by atoms with van der Waals surface area (Å²) in [5.74, 6) is 2.66. The second-order valence-electron chi connectivity index (χ2n) is 5.88. The maximum atomic E-state index is 6.12. The molecular formula is C13H26N2. The van der Waals surface area contributed by atoms with Gasteiger partial charge in [0.1, 0.15) is 0 Å². The molecule has 1 saturated heterocycles. The van der Waals surface area contributed by atoms with E-state index in [9.17, 15) is 0 Å².